The maximum absolute atomic E-state index is 12.4. The topological polar surface area (TPSA) is 67.6 Å². The standard InChI is InChI=1S/C14H29N3O2/c1-4-14(5-2,11-15)13(18)16-12-6-7-17(10-12)8-9-19-3/h12H,4-11,15H2,1-3H3,(H,16,18). The van der Waals surface area contributed by atoms with E-state index in [2.05, 4.69) is 10.2 Å². The van der Waals surface area contributed by atoms with Crippen LogP contribution in [0, 0.1) is 5.41 Å². The Hall–Kier alpha value is -0.650. The number of rotatable bonds is 8. The van der Waals surface area contributed by atoms with Gasteiger partial charge in [0, 0.05) is 39.3 Å². The lowest BCUT2D eigenvalue weighted by atomic mass is 9.81. The van der Waals surface area contributed by atoms with Crippen molar-refractivity contribution in [2.45, 2.75) is 39.2 Å². The Morgan fingerprint density at radius 2 is 2.16 bits per heavy atom. The smallest absolute Gasteiger partial charge is 0.227 e. The third kappa shape index (κ3) is 4.16. The van der Waals surface area contributed by atoms with Gasteiger partial charge in [0.1, 0.15) is 0 Å². The van der Waals surface area contributed by atoms with Crippen molar-refractivity contribution in [3.8, 4) is 0 Å². The molecule has 1 heterocycles. The van der Waals surface area contributed by atoms with E-state index in [1.807, 2.05) is 13.8 Å². The van der Waals surface area contributed by atoms with Crippen molar-refractivity contribution in [2.24, 2.45) is 11.1 Å². The van der Waals surface area contributed by atoms with Crippen molar-refractivity contribution in [1.29, 1.82) is 0 Å². The van der Waals surface area contributed by atoms with Gasteiger partial charge in [-0.3, -0.25) is 9.69 Å². The first-order valence-electron chi connectivity index (χ1n) is 7.34. The first kappa shape index (κ1) is 16.4. The van der Waals surface area contributed by atoms with Gasteiger partial charge in [-0.1, -0.05) is 13.8 Å². The van der Waals surface area contributed by atoms with Gasteiger partial charge in [-0.05, 0) is 19.3 Å². The summed E-state index contributed by atoms with van der Waals surface area (Å²) < 4.78 is 5.08. The number of amides is 1. The van der Waals surface area contributed by atoms with E-state index in [0.29, 0.717) is 6.54 Å². The normalized spacial score (nSPS) is 20.7. The number of nitrogens with zero attached hydrogens (tertiary/aromatic N) is 1. The van der Waals surface area contributed by atoms with E-state index >= 15 is 0 Å². The molecule has 0 bridgehead atoms. The second-order valence-electron chi connectivity index (χ2n) is 5.44. The molecule has 0 aromatic rings. The van der Waals surface area contributed by atoms with Crippen LogP contribution >= 0.6 is 0 Å². The number of likely N-dealkylation sites (tertiary alicyclic amines) is 1. The molecule has 0 spiro atoms. The molecule has 0 radical (unpaired) electrons. The van der Waals surface area contributed by atoms with E-state index in [1.165, 1.54) is 0 Å². The van der Waals surface area contributed by atoms with Gasteiger partial charge in [-0.15, -0.1) is 0 Å². The number of hydrogen-bond donors (Lipinski definition) is 2. The highest BCUT2D eigenvalue weighted by Gasteiger charge is 2.35. The molecule has 0 aromatic carbocycles. The Balaban J connectivity index is 2.45. The van der Waals surface area contributed by atoms with E-state index in [1.54, 1.807) is 7.11 Å². The summed E-state index contributed by atoms with van der Waals surface area (Å²) in [6.07, 6.45) is 2.61. The number of methoxy groups -OCH3 is 1. The van der Waals surface area contributed by atoms with Gasteiger partial charge in [0.25, 0.3) is 0 Å². The van der Waals surface area contributed by atoms with E-state index in [9.17, 15) is 4.79 Å². The minimum Gasteiger partial charge on any atom is -0.383 e. The molecule has 0 saturated carbocycles. The summed E-state index contributed by atoms with van der Waals surface area (Å²) in [6, 6.07) is 0.258. The lowest BCUT2D eigenvalue weighted by Gasteiger charge is -2.30. The second kappa shape index (κ2) is 7.82. The molecular weight excluding hydrogens is 242 g/mol. The zero-order valence-corrected chi connectivity index (χ0v) is 12.6. The molecule has 0 aliphatic carbocycles. The van der Waals surface area contributed by atoms with Gasteiger partial charge >= 0.3 is 0 Å². The highest BCUT2D eigenvalue weighted by Crippen LogP contribution is 2.25. The molecular formula is C14H29N3O2. The summed E-state index contributed by atoms with van der Waals surface area (Å²) in [5.74, 6) is 0.124. The summed E-state index contributed by atoms with van der Waals surface area (Å²) >= 11 is 0. The SMILES string of the molecule is CCC(CC)(CN)C(=O)NC1CCN(CCOC)C1. The first-order valence-corrected chi connectivity index (χ1v) is 7.34. The highest BCUT2D eigenvalue weighted by atomic mass is 16.5. The first-order chi connectivity index (χ1) is 9.11. The Labute approximate surface area is 116 Å². The van der Waals surface area contributed by atoms with Gasteiger partial charge in [0.05, 0.1) is 12.0 Å². The maximum atomic E-state index is 12.4. The average Bonchev–Trinajstić information content (AvgIpc) is 2.86. The molecule has 1 rings (SSSR count). The van der Waals surface area contributed by atoms with Crippen molar-refractivity contribution < 1.29 is 9.53 Å². The number of ether oxygens (including phenoxy) is 1. The maximum Gasteiger partial charge on any atom is 0.227 e. The average molecular weight is 271 g/mol. The van der Waals surface area contributed by atoms with Crippen molar-refractivity contribution in [3.63, 3.8) is 0 Å². The number of carbonyl (C=O) groups excluding carboxylic acids is 1. The molecule has 1 saturated heterocycles. The molecule has 5 heteroatoms. The number of nitrogens with two attached hydrogens (primary N) is 1. The van der Waals surface area contributed by atoms with Gasteiger partial charge in [-0.25, -0.2) is 0 Å². The van der Waals surface area contributed by atoms with Crippen LogP contribution in [0.3, 0.4) is 0 Å². The minimum absolute atomic E-state index is 0.124. The zero-order chi connectivity index (χ0) is 14.3. The minimum atomic E-state index is -0.389. The fourth-order valence-corrected chi connectivity index (χ4v) is 2.66. The number of carbonyl (C=O) groups is 1. The molecule has 1 fully saturated rings. The van der Waals surface area contributed by atoms with Crippen LogP contribution in [0.4, 0.5) is 0 Å². The van der Waals surface area contributed by atoms with Gasteiger partial charge in [0.15, 0.2) is 0 Å². The van der Waals surface area contributed by atoms with Crippen LogP contribution in [0.1, 0.15) is 33.1 Å². The van der Waals surface area contributed by atoms with Crippen molar-refractivity contribution in [1.82, 2.24) is 10.2 Å². The van der Waals surface area contributed by atoms with Crippen LogP contribution in [-0.4, -0.2) is 56.7 Å². The van der Waals surface area contributed by atoms with Crippen LogP contribution in [0.25, 0.3) is 0 Å². The Morgan fingerprint density at radius 1 is 1.47 bits per heavy atom. The van der Waals surface area contributed by atoms with E-state index in [0.717, 1.165) is 45.5 Å². The molecule has 1 aliphatic heterocycles. The second-order valence-corrected chi connectivity index (χ2v) is 5.44. The van der Waals surface area contributed by atoms with E-state index in [-0.39, 0.29) is 17.4 Å². The molecule has 5 nitrogen and oxygen atoms in total. The lowest BCUT2D eigenvalue weighted by molar-refractivity contribution is -0.131. The van der Waals surface area contributed by atoms with Crippen LogP contribution < -0.4 is 11.1 Å². The van der Waals surface area contributed by atoms with Crippen LogP contribution in [0.5, 0.6) is 0 Å². The van der Waals surface area contributed by atoms with Crippen molar-refractivity contribution >= 4 is 5.91 Å². The molecule has 112 valence electrons. The quantitative estimate of drug-likeness (QED) is 0.678. The van der Waals surface area contributed by atoms with E-state index < -0.39 is 0 Å². The molecule has 19 heavy (non-hydrogen) atoms. The Kier molecular flexibility index (Phi) is 6.75. The molecule has 1 unspecified atom stereocenters. The van der Waals surface area contributed by atoms with Crippen LogP contribution in [0.2, 0.25) is 0 Å². The fraction of sp³-hybridized carbons (Fsp3) is 0.929. The summed E-state index contributed by atoms with van der Waals surface area (Å²) in [5.41, 5.74) is 5.42. The van der Waals surface area contributed by atoms with Crippen molar-refractivity contribution in [3.05, 3.63) is 0 Å². The van der Waals surface area contributed by atoms with Gasteiger partial charge in [-0.2, -0.15) is 0 Å². The molecule has 1 aliphatic rings. The monoisotopic (exact) mass is 271 g/mol. The zero-order valence-electron chi connectivity index (χ0n) is 12.6. The molecule has 3 N–H and O–H groups in total. The van der Waals surface area contributed by atoms with Crippen LogP contribution in [-0.2, 0) is 9.53 Å². The van der Waals surface area contributed by atoms with E-state index in [4.69, 9.17) is 10.5 Å². The summed E-state index contributed by atoms with van der Waals surface area (Å²) in [4.78, 5) is 14.7. The summed E-state index contributed by atoms with van der Waals surface area (Å²) in [7, 11) is 1.72. The molecule has 1 atom stereocenters. The summed E-state index contributed by atoms with van der Waals surface area (Å²) in [5, 5.41) is 3.18. The number of hydrogen-bond acceptors (Lipinski definition) is 4. The van der Waals surface area contributed by atoms with Crippen LogP contribution in [0.15, 0.2) is 0 Å². The Bertz CT molecular complexity index is 272. The summed E-state index contributed by atoms with van der Waals surface area (Å²) in [6.45, 7) is 8.13. The molecule has 1 amide bonds. The number of nitrogens with one attached hydrogen (secondary N) is 1. The highest BCUT2D eigenvalue weighted by molar-refractivity contribution is 5.83. The van der Waals surface area contributed by atoms with Gasteiger partial charge < -0.3 is 15.8 Å². The lowest BCUT2D eigenvalue weighted by Crippen LogP contribution is -2.49. The third-order valence-corrected chi connectivity index (χ3v) is 4.45. The molecule has 0 aromatic heterocycles. The fourth-order valence-electron chi connectivity index (χ4n) is 2.66. The van der Waals surface area contributed by atoms with Crippen molar-refractivity contribution in [2.75, 3.05) is 39.9 Å². The largest absolute Gasteiger partial charge is 0.383 e. The predicted molar refractivity (Wildman–Crippen MR) is 76.9 cm³/mol. The third-order valence-electron chi connectivity index (χ3n) is 4.45. The van der Waals surface area contributed by atoms with Gasteiger partial charge in [0.2, 0.25) is 5.91 Å². The Morgan fingerprint density at radius 3 is 2.68 bits per heavy atom. The predicted octanol–water partition coefficient (Wildman–Crippen LogP) is 0.588.